The molecule has 0 saturated carbocycles. The van der Waals surface area contributed by atoms with E-state index in [-0.39, 0.29) is 24.8 Å². The second kappa shape index (κ2) is 8.62. The zero-order valence-electron chi connectivity index (χ0n) is 12.5. The summed E-state index contributed by atoms with van der Waals surface area (Å²) in [4.78, 5) is 10.9. The van der Waals surface area contributed by atoms with Crippen LogP contribution in [-0.4, -0.2) is 28.0 Å². The second-order valence-corrected chi connectivity index (χ2v) is 5.54. The quantitative estimate of drug-likeness (QED) is 0.878. The number of aromatic nitrogens is 2. The highest BCUT2D eigenvalue weighted by Gasteiger charge is 2.25. The first-order valence-corrected chi connectivity index (χ1v) is 7.57. The number of piperidine rings is 1. The Hall–Kier alpha value is -0.770. The molecule has 0 bridgehead atoms. The third kappa shape index (κ3) is 4.12. The molecule has 1 aromatic carbocycles. The number of halogens is 2. The molecule has 118 valence electrons. The molecule has 1 aromatic heterocycles. The first kappa shape index (κ1) is 18.3. The summed E-state index contributed by atoms with van der Waals surface area (Å²) in [7, 11) is 0. The summed E-state index contributed by atoms with van der Waals surface area (Å²) in [6.45, 7) is 4.69. The van der Waals surface area contributed by atoms with Gasteiger partial charge in [-0.25, -0.2) is 4.98 Å². The number of nitrogens with zero attached hydrogens (tertiary/aromatic N) is 2. The number of para-hydroxylation sites is 2. The van der Waals surface area contributed by atoms with Gasteiger partial charge in [-0.1, -0.05) is 31.9 Å². The SMILES string of the molecule is CCCCN1CCCCC1c1nc2ccccc2[nH]1.Cl.Cl. The maximum absolute atomic E-state index is 4.80. The third-order valence-corrected chi connectivity index (χ3v) is 4.14. The Kier molecular flexibility index (Phi) is 7.50. The van der Waals surface area contributed by atoms with Gasteiger partial charge in [0.05, 0.1) is 17.1 Å². The van der Waals surface area contributed by atoms with Gasteiger partial charge in [-0.05, 0) is 44.5 Å². The zero-order chi connectivity index (χ0) is 13.1. The highest BCUT2D eigenvalue weighted by Crippen LogP contribution is 2.30. The van der Waals surface area contributed by atoms with Crippen molar-refractivity contribution in [3.05, 3.63) is 30.1 Å². The molecular formula is C16H25Cl2N3. The first-order chi connectivity index (χ1) is 9.38. The molecular weight excluding hydrogens is 305 g/mol. The number of fused-ring (bicyclic) bond motifs is 1. The van der Waals surface area contributed by atoms with Crippen molar-refractivity contribution >= 4 is 35.8 Å². The van der Waals surface area contributed by atoms with Crippen LogP contribution in [0.3, 0.4) is 0 Å². The lowest BCUT2D eigenvalue weighted by Crippen LogP contribution is -2.34. The minimum atomic E-state index is 0. The van der Waals surface area contributed by atoms with Gasteiger partial charge >= 0.3 is 0 Å². The smallest absolute Gasteiger partial charge is 0.124 e. The largest absolute Gasteiger partial charge is 0.341 e. The number of benzene rings is 1. The van der Waals surface area contributed by atoms with E-state index in [4.69, 9.17) is 4.98 Å². The van der Waals surface area contributed by atoms with Crippen molar-refractivity contribution in [2.24, 2.45) is 0 Å². The molecule has 0 amide bonds. The minimum absolute atomic E-state index is 0. The van der Waals surface area contributed by atoms with Crippen molar-refractivity contribution in [1.82, 2.24) is 14.9 Å². The first-order valence-electron chi connectivity index (χ1n) is 7.57. The van der Waals surface area contributed by atoms with Gasteiger partial charge in [0.2, 0.25) is 0 Å². The molecule has 1 saturated heterocycles. The van der Waals surface area contributed by atoms with Crippen molar-refractivity contribution in [2.75, 3.05) is 13.1 Å². The Balaban J connectivity index is 0.00000110. The van der Waals surface area contributed by atoms with Crippen molar-refractivity contribution < 1.29 is 0 Å². The number of likely N-dealkylation sites (tertiary alicyclic amines) is 1. The number of hydrogen-bond donors (Lipinski definition) is 1. The van der Waals surface area contributed by atoms with Gasteiger partial charge in [0.15, 0.2) is 0 Å². The second-order valence-electron chi connectivity index (χ2n) is 5.54. The van der Waals surface area contributed by atoms with Gasteiger partial charge in [-0.3, -0.25) is 4.90 Å². The molecule has 1 fully saturated rings. The van der Waals surface area contributed by atoms with Crippen LogP contribution in [0.1, 0.15) is 50.9 Å². The predicted octanol–water partition coefficient (Wildman–Crippen LogP) is 4.73. The molecule has 1 N–H and O–H groups in total. The van der Waals surface area contributed by atoms with Crippen LogP contribution in [0.5, 0.6) is 0 Å². The summed E-state index contributed by atoms with van der Waals surface area (Å²) < 4.78 is 0. The van der Waals surface area contributed by atoms with Crippen LogP contribution in [0.4, 0.5) is 0 Å². The minimum Gasteiger partial charge on any atom is -0.341 e. The van der Waals surface area contributed by atoms with E-state index in [1.54, 1.807) is 0 Å². The molecule has 0 spiro atoms. The molecule has 21 heavy (non-hydrogen) atoms. The van der Waals surface area contributed by atoms with Gasteiger partial charge in [0.1, 0.15) is 5.82 Å². The molecule has 0 radical (unpaired) electrons. The van der Waals surface area contributed by atoms with Gasteiger partial charge in [-0.2, -0.15) is 0 Å². The van der Waals surface area contributed by atoms with Gasteiger partial charge in [-0.15, -0.1) is 24.8 Å². The normalized spacial score (nSPS) is 19.0. The Bertz CT molecular complexity index is 508. The number of imidazole rings is 1. The Labute approximate surface area is 139 Å². The molecule has 1 atom stereocenters. The van der Waals surface area contributed by atoms with E-state index in [9.17, 15) is 0 Å². The predicted molar refractivity (Wildman–Crippen MR) is 93.7 cm³/mol. The zero-order valence-corrected chi connectivity index (χ0v) is 14.2. The summed E-state index contributed by atoms with van der Waals surface area (Å²) in [6, 6.07) is 8.83. The monoisotopic (exact) mass is 329 g/mol. The third-order valence-electron chi connectivity index (χ3n) is 4.14. The van der Waals surface area contributed by atoms with Crippen LogP contribution in [0.2, 0.25) is 0 Å². The maximum Gasteiger partial charge on any atom is 0.124 e. The van der Waals surface area contributed by atoms with Crippen LogP contribution < -0.4 is 0 Å². The molecule has 2 aromatic rings. The van der Waals surface area contributed by atoms with Crippen LogP contribution in [0, 0.1) is 0 Å². The molecule has 0 aliphatic carbocycles. The highest BCUT2D eigenvalue weighted by atomic mass is 35.5. The maximum atomic E-state index is 4.80. The molecule has 3 nitrogen and oxygen atoms in total. The molecule has 5 heteroatoms. The standard InChI is InChI=1S/C16H23N3.2ClH/c1-2-3-11-19-12-7-6-10-15(19)16-17-13-8-4-5-9-14(13)18-16;;/h4-5,8-9,15H,2-3,6-7,10-12H2,1H3,(H,17,18);2*1H. The van der Waals surface area contributed by atoms with Crippen LogP contribution in [0.15, 0.2) is 24.3 Å². The number of H-pyrrole nitrogens is 1. The molecule has 1 unspecified atom stereocenters. The van der Waals surface area contributed by atoms with Crippen molar-refractivity contribution in [3.63, 3.8) is 0 Å². The van der Waals surface area contributed by atoms with Crippen LogP contribution in [-0.2, 0) is 0 Å². The van der Waals surface area contributed by atoms with Crippen LogP contribution in [0.25, 0.3) is 11.0 Å². The van der Waals surface area contributed by atoms with Gasteiger partial charge in [0, 0.05) is 0 Å². The summed E-state index contributed by atoms with van der Waals surface area (Å²) in [5, 5.41) is 0. The summed E-state index contributed by atoms with van der Waals surface area (Å²) in [6.07, 6.45) is 6.45. The fraction of sp³-hybridized carbons (Fsp3) is 0.562. The topological polar surface area (TPSA) is 31.9 Å². The number of rotatable bonds is 4. The Morgan fingerprint density at radius 1 is 1.24 bits per heavy atom. The molecule has 3 rings (SSSR count). The van der Waals surface area contributed by atoms with E-state index in [2.05, 4.69) is 41.1 Å². The van der Waals surface area contributed by atoms with Crippen molar-refractivity contribution in [2.45, 2.75) is 45.1 Å². The number of nitrogens with one attached hydrogen (secondary N) is 1. The van der Waals surface area contributed by atoms with E-state index in [1.807, 2.05) is 0 Å². The highest BCUT2D eigenvalue weighted by molar-refractivity contribution is 5.85. The fourth-order valence-electron chi connectivity index (χ4n) is 3.06. The summed E-state index contributed by atoms with van der Waals surface area (Å²) in [5.41, 5.74) is 2.26. The van der Waals surface area contributed by atoms with Crippen LogP contribution >= 0.6 is 24.8 Å². The van der Waals surface area contributed by atoms with Gasteiger partial charge in [0.25, 0.3) is 0 Å². The Morgan fingerprint density at radius 3 is 2.81 bits per heavy atom. The Morgan fingerprint density at radius 2 is 2.05 bits per heavy atom. The number of unbranched alkanes of at least 4 members (excludes halogenated alkanes) is 1. The van der Waals surface area contributed by atoms with Gasteiger partial charge < -0.3 is 4.98 Å². The van der Waals surface area contributed by atoms with E-state index in [0.717, 1.165) is 11.3 Å². The van der Waals surface area contributed by atoms with E-state index in [1.165, 1.54) is 50.7 Å². The van der Waals surface area contributed by atoms with E-state index in [0.29, 0.717) is 6.04 Å². The molecule has 2 heterocycles. The lowest BCUT2D eigenvalue weighted by molar-refractivity contribution is 0.141. The molecule has 1 aliphatic rings. The molecule has 1 aliphatic heterocycles. The summed E-state index contributed by atoms with van der Waals surface area (Å²) in [5.74, 6) is 1.16. The summed E-state index contributed by atoms with van der Waals surface area (Å²) >= 11 is 0. The number of aromatic amines is 1. The number of hydrogen-bond acceptors (Lipinski definition) is 2. The fourth-order valence-corrected chi connectivity index (χ4v) is 3.06. The van der Waals surface area contributed by atoms with E-state index >= 15 is 0 Å². The van der Waals surface area contributed by atoms with E-state index < -0.39 is 0 Å². The lowest BCUT2D eigenvalue weighted by atomic mass is 10.0. The lowest BCUT2D eigenvalue weighted by Gasteiger charge is -2.34. The van der Waals surface area contributed by atoms with Crippen molar-refractivity contribution in [1.29, 1.82) is 0 Å². The average Bonchev–Trinajstić information content (AvgIpc) is 2.89. The average molecular weight is 330 g/mol. The van der Waals surface area contributed by atoms with Crippen molar-refractivity contribution in [3.8, 4) is 0 Å².